The normalized spacial score (nSPS) is 19.3. The fourth-order valence-corrected chi connectivity index (χ4v) is 4.30. The van der Waals surface area contributed by atoms with E-state index in [1.807, 2.05) is 24.3 Å². The predicted octanol–water partition coefficient (Wildman–Crippen LogP) is 4.49. The van der Waals surface area contributed by atoms with Crippen molar-refractivity contribution in [2.45, 2.75) is 77.4 Å². The summed E-state index contributed by atoms with van der Waals surface area (Å²) in [7, 11) is 0. The number of nitrogens with zero attached hydrogens (tertiary/aromatic N) is 4. The van der Waals surface area contributed by atoms with E-state index in [2.05, 4.69) is 53.1 Å². The third kappa shape index (κ3) is 4.30. The molecule has 0 bridgehead atoms. The maximum absolute atomic E-state index is 6.19. The molecule has 0 saturated heterocycles. The first-order valence-corrected chi connectivity index (χ1v) is 11.3. The highest BCUT2D eigenvalue weighted by molar-refractivity contribution is 5.81. The molecule has 2 heterocycles. The van der Waals surface area contributed by atoms with E-state index >= 15 is 0 Å². The molecule has 1 saturated carbocycles. The molecule has 8 heteroatoms. The summed E-state index contributed by atoms with van der Waals surface area (Å²) >= 11 is 0. The Morgan fingerprint density at radius 2 is 1.74 bits per heavy atom. The highest BCUT2D eigenvalue weighted by atomic mass is 15.3. The van der Waals surface area contributed by atoms with Gasteiger partial charge in [-0.1, -0.05) is 26.0 Å². The molecule has 0 aromatic heterocycles. The molecule has 0 amide bonds. The summed E-state index contributed by atoms with van der Waals surface area (Å²) in [6, 6.07) is 8.54. The number of nitrogens with two attached hydrogens (primary N) is 2. The lowest BCUT2D eigenvalue weighted by molar-refractivity contribution is 0.407. The van der Waals surface area contributed by atoms with E-state index in [4.69, 9.17) is 16.5 Å². The van der Waals surface area contributed by atoms with Crippen LogP contribution in [0.15, 0.2) is 24.3 Å². The minimum absolute atomic E-state index is 0.197. The highest BCUT2D eigenvalue weighted by Gasteiger charge is 2.29. The maximum atomic E-state index is 6.19. The number of benzene rings is 1. The standard InChI is InChI=1S/C23H34N8/c1-13(2)19-21-20(30-29-19)22(27-18-8-6-5-7-17(18)25)28-23(31(21)14(3)4)26-16-11-9-15(24)10-12-16/h5-8,13-16,27H,9-12,24-25H2,1-4H3,(H,26,28). The molecule has 1 aromatic rings. The van der Waals surface area contributed by atoms with Crippen LogP contribution in [-0.4, -0.2) is 31.8 Å². The summed E-state index contributed by atoms with van der Waals surface area (Å²) in [5.74, 6) is 1.74. The second-order valence-electron chi connectivity index (χ2n) is 9.15. The molecule has 166 valence electrons. The zero-order chi connectivity index (χ0) is 22.1. The van der Waals surface area contributed by atoms with Crippen molar-refractivity contribution in [3.8, 4) is 11.4 Å². The van der Waals surface area contributed by atoms with Crippen molar-refractivity contribution < 1.29 is 0 Å². The van der Waals surface area contributed by atoms with Gasteiger partial charge in [-0.15, -0.1) is 5.10 Å². The Labute approximate surface area is 184 Å². The van der Waals surface area contributed by atoms with Crippen LogP contribution in [0, 0.1) is 0 Å². The monoisotopic (exact) mass is 422 g/mol. The second-order valence-corrected chi connectivity index (χ2v) is 9.15. The molecule has 1 aromatic carbocycles. The summed E-state index contributed by atoms with van der Waals surface area (Å²) < 4.78 is 2.23. The average molecular weight is 423 g/mol. The summed E-state index contributed by atoms with van der Waals surface area (Å²) in [5, 5.41) is 16.2. The largest absolute Gasteiger partial charge is 0.397 e. The molecule has 4 rings (SSSR count). The number of hydrogen-bond donors (Lipinski definition) is 4. The van der Waals surface area contributed by atoms with Crippen LogP contribution in [0.5, 0.6) is 0 Å². The Morgan fingerprint density at radius 1 is 1.03 bits per heavy atom. The van der Waals surface area contributed by atoms with Gasteiger partial charge in [0.05, 0.1) is 22.8 Å². The number of aromatic nitrogens is 4. The highest BCUT2D eigenvalue weighted by Crippen LogP contribution is 2.39. The van der Waals surface area contributed by atoms with Crippen LogP contribution < -0.4 is 22.1 Å². The lowest BCUT2D eigenvalue weighted by Gasteiger charge is -2.30. The molecule has 1 fully saturated rings. The molecule has 0 radical (unpaired) electrons. The van der Waals surface area contributed by atoms with Crippen LogP contribution in [0.2, 0.25) is 0 Å². The lowest BCUT2D eigenvalue weighted by Crippen LogP contribution is -2.34. The van der Waals surface area contributed by atoms with Crippen LogP contribution in [-0.2, 0) is 0 Å². The maximum Gasteiger partial charge on any atom is 0.205 e. The van der Waals surface area contributed by atoms with Crippen molar-refractivity contribution in [2.24, 2.45) is 5.73 Å². The molecular weight excluding hydrogens is 388 g/mol. The summed E-state index contributed by atoms with van der Waals surface area (Å²) in [4.78, 5) is 5.00. The number of anilines is 4. The van der Waals surface area contributed by atoms with Crippen molar-refractivity contribution in [1.29, 1.82) is 0 Å². The Bertz CT molecular complexity index is 1000. The summed E-state index contributed by atoms with van der Waals surface area (Å²) in [6.07, 6.45) is 4.15. The van der Waals surface area contributed by atoms with Gasteiger partial charge in [-0.05, 0) is 57.6 Å². The molecule has 2 aliphatic heterocycles. The Hall–Kier alpha value is -2.87. The van der Waals surface area contributed by atoms with Gasteiger partial charge >= 0.3 is 0 Å². The van der Waals surface area contributed by atoms with E-state index in [9.17, 15) is 0 Å². The number of rotatable bonds is 6. The number of para-hydroxylation sites is 2. The Morgan fingerprint density at radius 3 is 2.39 bits per heavy atom. The number of hydrogen-bond acceptors (Lipinski definition) is 7. The topological polar surface area (TPSA) is 120 Å². The molecule has 0 atom stereocenters. The lowest BCUT2D eigenvalue weighted by atomic mass is 9.92. The van der Waals surface area contributed by atoms with Crippen molar-refractivity contribution in [3.05, 3.63) is 30.0 Å². The predicted molar refractivity (Wildman–Crippen MR) is 127 cm³/mol. The van der Waals surface area contributed by atoms with E-state index in [1.54, 1.807) is 0 Å². The van der Waals surface area contributed by atoms with Crippen LogP contribution in [0.25, 0.3) is 11.4 Å². The van der Waals surface area contributed by atoms with Crippen LogP contribution in [0.1, 0.15) is 71.0 Å². The molecular formula is C23H34N8. The van der Waals surface area contributed by atoms with E-state index in [0.29, 0.717) is 23.6 Å². The second kappa shape index (κ2) is 8.70. The van der Waals surface area contributed by atoms with Gasteiger partial charge in [0.15, 0.2) is 11.5 Å². The molecule has 8 nitrogen and oxygen atoms in total. The van der Waals surface area contributed by atoms with Gasteiger partial charge < -0.3 is 26.7 Å². The van der Waals surface area contributed by atoms with Crippen molar-refractivity contribution in [3.63, 3.8) is 0 Å². The van der Waals surface area contributed by atoms with Gasteiger partial charge in [-0.25, -0.2) is 0 Å². The van der Waals surface area contributed by atoms with Crippen LogP contribution >= 0.6 is 0 Å². The average Bonchev–Trinajstić information content (AvgIpc) is 3.16. The van der Waals surface area contributed by atoms with E-state index in [-0.39, 0.29) is 12.0 Å². The minimum Gasteiger partial charge on any atom is -0.397 e. The molecule has 0 unspecified atom stereocenters. The van der Waals surface area contributed by atoms with Gasteiger partial charge in [0.1, 0.15) is 0 Å². The zero-order valence-corrected chi connectivity index (χ0v) is 18.9. The molecule has 6 N–H and O–H groups in total. The molecule has 1 aliphatic carbocycles. The van der Waals surface area contributed by atoms with Gasteiger partial charge in [0.25, 0.3) is 0 Å². The quantitative estimate of drug-likeness (QED) is 0.432. The number of nitrogens with one attached hydrogen (secondary N) is 2. The van der Waals surface area contributed by atoms with E-state index in [0.717, 1.165) is 54.4 Å². The summed E-state index contributed by atoms with van der Waals surface area (Å²) in [5.41, 5.74) is 16.5. The van der Waals surface area contributed by atoms with Crippen molar-refractivity contribution >= 4 is 23.1 Å². The molecule has 3 aliphatic rings. The summed E-state index contributed by atoms with van der Waals surface area (Å²) in [6.45, 7) is 8.63. The minimum atomic E-state index is 0.197. The van der Waals surface area contributed by atoms with Gasteiger partial charge in [-0.3, -0.25) is 0 Å². The number of fused-ring (bicyclic) bond motifs is 1. The van der Waals surface area contributed by atoms with Gasteiger partial charge in [0.2, 0.25) is 5.95 Å². The third-order valence-electron chi connectivity index (χ3n) is 6.02. The first-order chi connectivity index (χ1) is 14.8. The van der Waals surface area contributed by atoms with Crippen molar-refractivity contribution in [2.75, 3.05) is 16.4 Å². The van der Waals surface area contributed by atoms with Gasteiger partial charge in [0, 0.05) is 18.1 Å². The van der Waals surface area contributed by atoms with E-state index < -0.39 is 0 Å². The van der Waals surface area contributed by atoms with Crippen LogP contribution in [0.4, 0.5) is 23.1 Å². The number of nitrogen functional groups attached to an aromatic ring is 1. The molecule has 0 spiro atoms. The third-order valence-corrected chi connectivity index (χ3v) is 6.02. The first-order valence-electron chi connectivity index (χ1n) is 11.3. The first kappa shape index (κ1) is 21.4. The Kier molecular flexibility index (Phi) is 6.00. The SMILES string of the molecule is CC(C)c1nnc2c(Nc3ccccc3N)nc(NC3CCC(N)CC3)n(C(C)C)c1-2. The fraction of sp³-hybridized carbons (Fsp3) is 0.522. The van der Waals surface area contributed by atoms with E-state index in [1.165, 1.54) is 0 Å². The van der Waals surface area contributed by atoms with Crippen LogP contribution in [0.3, 0.4) is 0 Å². The Balaban J connectivity index is 1.82. The van der Waals surface area contributed by atoms with Crippen molar-refractivity contribution in [1.82, 2.24) is 19.7 Å². The molecule has 31 heavy (non-hydrogen) atoms. The zero-order valence-electron chi connectivity index (χ0n) is 18.9. The fourth-order valence-electron chi connectivity index (χ4n) is 4.30. The smallest absolute Gasteiger partial charge is 0.205 e. The van der Waals surface area contributed by atoms with Gasteiger partial charge in [-0.2, -0.15) is 10.1 Å².